The molecule has 0 bridgehead atoms. The van der Waals surface area contributed by atoms with Crippen molar-refractivity contribution in [2.75, 3.05) is 25.0 Å². The maximum Gasteiger partial charge on any atom is 0.321 e. The van der Waals surface area contributed by atoms with Crippen LogP contribution in [0.2, 0.25) is 0 Å². The lowest BCUT2D eigenvalue weighted by molar-refractivity contribution is 0.202. The molecule has 0 radical (unpaired) electrons. The highest BCUT2D eigenvalue weighted by molar-refractivity contribution is 5.89. The van der Waals surface area contributed by atoms with E-state index in [2.05, 4.69) is 35.4 Å². The summed E-state index contributed by atoms with van der Waals surface area (Å²) in [4.78, 5) is 14.3. The summed E-state index contributed by atoms with van der Waals surface area (Å²) in [6, 6.07) is 7.84. The van der Waals surface area contributed by atoms with E-state index >= 15 is 0 Å². The zero-order valence-corrected chi connectivity index (χ0v) is 15.6. The Hall–Kier alpha value is -2.41. The third kappa shape index (κ3) is 4.04. The third-order valence-electron chi connectivity index (χ3n) is 5.29. The molecule has 1 aliphatic heterocycles. The van der Waals surface area contributed by atoms with Gasteiger partial charge in [0.15, 0.2) is 0 Å². The van der Waals surface area contributed by atoms with Gasteiger partial charge in [-0.2, -0.15) is 0 Å². The number of nitrogens with zero attached hydrogens (tertiary/aromatic N) is 4. The van der Waals surface area contributed by atoms with Crippen molar-refractivity contribution in [2.24, 2.45) is 18.9 Å². The molecule has 1 aromatic carbocycles. The summed E-state index contributed by atoms with van der Waals surface area (Å²) in [5.41, 5.74) is 1.94. The molecular weight excluding hydrogens is 330 g/mol. The smallest absolute Gasteiger partial charge is 0.321 e. The fourth-order valence-corrected chi connectivity index (χ4v) is 3.45. The molecule has 3 atom stereocenters. The van der Waals surface area contributed by atoms with Crippen molar-refractivity contribution in [1.29, 1.82) is 0 Å². The topological polar surface area (TPSA) is 83.3 Å². The SMILES string of the molecule is C[C@H](Cc1nncn1C)c1cccc(NC(=O)N2C[C@H](CO)[C@@H](C)C2)c1. The van der Waals surface area contributed by atoms with Crippen LogP contribution >= 0.6 is 0 Å². The zero-order chi connectivity index (χ0) is 18.7. The van der Waals surface area contributed by atoms with Crippen molar-refractivity contribution in [3.63, 3.8) is 0 Å². The van der Waals surface area contributed by atoms with E-state index in [1.165, 1.54) is 0 Å². The van der Waals surface area contributed by atoms with Gasteiger partial charge in [-0.1, -0.05) is 26.0 Å². The van der Waals surface area contributed by atoms with Crippen LogP contribution in [0.3, 0.4) is 0 Å². The number of carbonyl (C=O) groups excluding carboxylic acids is 1. The molecule has 7 nitrogen and oxygen atoms in total. The number of aromatic nitrogens is 3. The quantitative estimate of drug-likeness (QED) is 0.860. The summed E-state index contributed by atoms with van der Waals surface area (Å²) in [6.07, 6.45) is 2.49. The minimum absolute atomic E-state index is 0.106. The molecule has 1 aliphatic rings. The summed E-state index contributed by atoms with van der Waals surface area (Å²) in [7, 11) is 1.94. The first kappa shape index (κ1) is 18.4. The van der Waals surface area contributed by atoms with Crippen LogP contribution in [0.15, 0.2) is 30.6 Å². The highest BCUT2D eigenvalue weighted by atomic mass is 16.3. The summed E-state index contributed by atoms with van der Waals surface area (Å²) in [5.74, 6) is 1.69. The van der Waals surface area contributed by atoms with Gasteiger partial charge in [-0.15, -0.1) is 10.2 Å². The van der Waals surface area contributed by atoms with Gasteiger partial charge in [0.25, 0.3) is 0 Å². The van der Waals surface area contributed by atoms with E-state index in [4.69, 9.17) is 0 Å². The van der Waals surface area contributed by atoms with E-state index in [1.807, 2.05) is 29.8 Å². The lowest BCUT2D eigenvalue weighted by Gasteiger charge is -2.18. The number of nitrogens with one attached hydrogen (secondary N) is 1. The number of benzene rings is 1. The number of hydrogen-bond acceptors (Lipinski definition) is 4. The number of anilines is 1. The molecule has 140 valence electrons. The molecule has 2 amide bonds. The Morgan fingerprint density at radius 1 is 1.42 bits per heavy atom. The fraction of sp³-hybridized carbons (Fsp3) is 0.526. The van der Waals surface area contributed by atoms with E-state index in [-0.39, 0.29) is 24.5 Å². The highest BCUT2D eigenvalue weighted by Crippen LogP contribution is 2.25. The number of rotatable bonds is 5. The van der Waals surface area contributed by atoms with Crippen molar-refractivity contribution in [1.82, 2.24) is 19.7 Å². The second-order valence-electron chi connectivity index (χ2n) is 7.34. The number of amides is 2. The molecule has 2 N–H and O–H groups in total. The fourth-order valence-electron chi connectivity index (χ4n) is 3.45. The molecule has 26 heavy (non-hydrogen) atoms. The molecule has 3 rings (SSSR count). The van der Waals surface area contributed by atoms with Gasteiger partial charge in [0.2, 0.25) is 0 Å². The number of hydrogen-bond donors (Lipinski definition) is 2. The number of aryl methyl sites for hydroxylation is 1. The summed E-state index contributed by atoms with van der Waals surface area (Å²) in [5, 5.41) is 20.4. The normalized spacial score (nSPS) is 21.0. The van der Waals surface area contributed by atoms with Gasteiger partial charge in [-0.3, -0.25) is 0 Å². The summed E-state index contributed by atoms with van der Waals surface area (Å²) in [6.45, 7) is 5.62. The van der Waals surface area contributed by atoms with Crippen LogP contribution in [0, 0.1) is 11.8 Å². The molecule has 0 saturated carbocycles. The number of urea groups is 1. The first-order valence-electron chi connectivity index (χ1n) is 9.07. The molecule has 0 spiro atoms. The van der Waals surface area contributed by atoms with Gasteiger partial charge in [-0.25, -0.2) is 4.79 Å². The Balaban J connectivity index is 1.64. The second-order valence-corrected chi connectivity index (χ2v) is 7.34. The van der Waals surface area contributed by atoms with E-state index in [0.29, 0.717) is 19.0 Å². The number of aliphatic hydroxyl groups is 1. The lowest BCUT2D eigenvalue weighted by Crippen LogP contribution is -2.33. The number of carbonyl (C=O) groups is 1. The van der Waals surface area contributed by atoms with E-state index in [0.717, 1.165) is 23.5 Å². The molecule has 7 heteroatoms. The molecule has 1 saturated heterocycles. The summed E-state index contributed by atoms with van der Waals surface area (Å²) < 4.78 is 1.92. The van der Waals surface area contributed by atoms with Crippen molar-refractivity contribution in [3.8, 4) is 0 Å². The third-order valence-corrected chi connectivity index (χ3v) is 5.29. The van der Waals surface area contributed by atoms with E-state index in [1.54, 1.807) is 11.2 Å². The van der Waals surface area contributed by atoms with Crippen LogP contribution in [0.1, 0.15) is 31.2 Å². The standard InChI is InChI=1S/C19H27N5O2/c1-13(7-18-22-20-12-23(18)3)15-5-4-6-17(8-15)21-19(26)24-9-14(2)16(10-24)11-25/h4-6,8,12-14,16,25H,7,9-11H2,1-3H3,(H,21,26)/t13-,14+,16-/m1/s1. The van der Waals surface area contributed by atoms with Crippen molar-refractivity contribution >= 4 is 11.7 Å². The monoisotopic (exact) mass is 357 g/mol. The van der Waals surface area contributed by atoms with Gasteiger partial charge in [0.05, 0.1) is 0 Å². The minimum atomic E-state index is -0.106. The predicted molar refractivity (Wildman–Crippen MR) is 99.9 cm³/mol. The molecule has 0 aliphatic carbocycles. The molecule has 2 aromatic rings. The van der Waals surface area contributed by atoms with Gasteiger partial charge in [0, 0.05) is 44.8 Å². The molecular formula is C19H27N5O2. The first-order chi connectivity index (χ1) is 12.5. The van der Waals surface area contributed by atoms with Gasteiger partial charge >= 0.3 is 6.03 Å². The van der Waals surface area contributed by atoms with Crippen molar-refractivity contribution in [2.45, 2.75) is 26.2 Å². The van der Waals surface area contributed by atoms with Gasteiger partial charge in [-0.05, 0) is 29.5 Å². The number of likely N-dealkylation sites (tertiary alicyclic amines) is 1. The molecule has 2 heterocycles. The first-order valence-corrected chi connectivity index (χ1v) is 9.07. The number of aliphatic hydroxyl groups excluding tert-OH is 1. The van der Waals surface area contributed by atoms with Crippen LogP contribution in [-0.2, 0) is 13.5 Å². The van der Waals surface area contributed by atoms with Gasteiger partial charge in [0.1, 0.15) is 12.2 Å². The lowest BCUT2D eigenvalue weighted by atomic mass is 9.97. The van der Waals surface area contributed by atoms with E-state index in [9.17, 15) is 9.90 Å². The van der Waals surface area contributed by atoms with Crippen molar-refractivity contribution in [3.05, 3.63) is 42.0 Å². The summed E-state index contributed by atoms with van der Waals surface area (Å²) >= 11 is 0. The average molecular weight is 357 g/mol. The zero-order valence-electron chi connectivity index (χ0n) is 15.6. The second kappa shape index (κ2) is 7.86. The maximum absolute atomic E-state index is 12.5. The van der Waals surface area contributed by atoms with Crippen LogP contribution < -0.4 is 5.32 Å². The highest BCUT2D eigenvalue weighted by Gasteiger charge is 2.31. The van der Waals surface area contributed by atoms with Crippen LogP contribution in [0.25, 0.3) is 0 Å². The Morgan fingerprint density at radius 2 is 2.23 bits per heavy atom. The maximum atomic E-state index is 12.5. The predicted octanol–water partition coefficient (Wildman–Crippen LogP) is 2.25. The Morgan fingerprint density at radius 3 is 2.88 bits per heavy atom. The van der Waals surface area contributed by atoms with Crippen molar-refractivity contribution < 1.29 is 9.90 Å². The van der Waals surface area contributed by atoms with E-state index < -0.39 is 0 Å². The van der Waals surface area contributed by atoms with Gasteiger partial charge < -0.3 is 19.9 Å². The largest absolute Gasteiger partial charge is 0.396 e. The van der Waals surface area contributed by atoms with Crippen LogP contribution in [0.4, 0.5) is 10.5 Å². The van der Waals surface area contributed by atoms with Crippen LogP contribution in [-0.4, -0.2) is 50.5 Å². The Labute approximate surface area is 154 Å². The minimum Gasteiger partial charge on any atom is -0.396 e. The molecule has 0 unspecified atom stereocenters. The molecule has 1 fully saturated rings. The van der Waals surface area contributed by atoms with Crippen LogP contribution in [0.5, 0.6) is 0 Å². The Bertz CT molecular complexity index is 760. The average Bonchev–Trinajstić information content (AvgIpc) is 3.20. The Kier molecular flexibility index (Phi) is 5.56. The molecule has 1 aromatic heterocycles.